The molecule has 0 aliphatic rings. The molecule has 0 fully saturated rings. The van der Waals surface area contributed by atoms with Crippen LogP contribution in [0.3, 0.4) is 0 Å². The lowest BCUT2D eigenvalue weighted by atomic mass is 10.2. The van der Waals surface area contributed by atoms with Crippen LogP contribution in [0.1, 0.15) is 5.56 Å². The van der Waals surface area contributed by atoms with Crippen LogP contribution in [0.25, 0.3) is 0 Å². The quantitative estimate of drug-likeness (QED) is 0.827. The van der Waals surface area contributed by atoms with Gasteiger partial charge in [0.2, 0.25) is 5.16 Å². The van der Waals surface area contributed by atoms with Crippen LogP contribution in [-0.2, 0) is 12.3 Å². The number of tetrazole rings is 1. The van der Waals surface area contributed by atoms with Crippen molar-refractivity contribution in [1.82, 2.24) is 25.5 Å². The summed E-state index contributed by atoms with van der Waals surface area (Å²) in [4.78, 5) is 0. The van der Waals surface area contributed by atoms with E-state index < -0.39 is 0 Å². The first-order valence-corrected chi connectivity index (χ1v) is 7.04. The van der Waals surface area contributed by atoms with Crippen LogP contribution in [0, 0.1) is 5.82 Å². The van der Waals surface area contributed by atoms with Gasteiger partial charge in [-0.05, 0) is 41.2 Å². The third-order valence-corrected chi connectivity index (χ3v) is 3.68. The lowest BCUT2D eigenvalue weighted by Crippen LogP contribution is -2.16. The number of hydrogen-bond acceptors (Lipinski definition) is 5. The minimum atomic E-state index is -0.272. The van der Waals surface area contributed by atoms with Crippen LogP contribution in [-0.4, -0.2) is 33.8 Å². The molecule has 1 aromatic carbocycles. The van der Waals surface area contributed by atoms with E-state index in [-0.39, 0.29) is 5.82 Å². The summed E-state index contributed by atoms with van der Waals surface area (Å²) in [5.41, 5.74) is 0.542. The second-order valence-electron chi connectivity index (χ2n) is 3.81. The molecule has 5 nitrogen and oxygen atoms in total. The van der Waals surface area contributed by atoms with Gasteiger partial charge in [0, 0.05) is 17.3 Å². The van der Waals surface area contributed by atoms with Crippen LogP contribution >= 0.6 is 23.4 Å². The van der Waals surface area contributed by atoms with E-state index in [9.17, 15) is 4.39 Å². The predicted molar refractivity (Wildman–Crippen MR) is 72.7 cm³/mol. The average Bonchev–Trinajstić information content (AvgIpc) is 2.85. The Morgan fingerprint density at radius 2 is 2.32 bits per heavy atom. The lowest BCUT2D eigenvalue weighted by Gasteiger charge is -2.05. The Bertz CT molecular complexity index is 548. The van der Waals surface area contributed by atoms with Gasteiger partial charge in [-0.25, -0.2) is 9.07 Å². The van der Waals surface area contributed by atoms with Gasteiger partial charge >= 0.3 is 0 Å². The molecule has 0 radical (unpaired) electrons. The Kier molecular flexibility index (Phi) is 5.12. The van der Waals surface area contributed by atoms with Crippen molar-refractivity contribution in [1.29, 1.82) is 0 Å². The first-order valence-electron chi connectivity index (χ1n) is 5.68. The van der Waals surface area contributed by atoms with Gasteiger partial charge in [0.05, 0.1) is 6.54 Å². The number of thioether (sulfide) groups is 1. The average molecular weight is 302 g/mol. The minimum Gasteiger partial charge on any atom is -0.318 e. The normalized spacial score (nSPS) is 10.9. The molecule has 0 atom stereocenters. The van der Waals surface area contributed by atoms with Crippen LogP contribution in [0.15, 0.2) is 23.4 Å². The molecule has 0 saturated carbocycles. The molecule has 2 aromatic rings. The van der Waals surface area contributed by atoms with Gasteiger partial charge in [0.1, 0.15) is 5.82 Å². The number of nitrogens with zero attached hydrogens (tertiary/aromatic N) is 4. The van der Waals surface area contributed by atoms with Gasteiger partial charge < -0.3 is 5.32 Å². The number of aromatic nitrogens is 4. The zero-order chi connectivity index (χ0) is 13.7. The van der Waals surface area contributed by atoms with E-state index in [1.165, 1.54) is 23.9 Å². The Morgan fingerprint density at radius 1 is 1.47 bits per heavy atom. The van der Waals surface area contributed by atoms with Crippen molar-refractivity contribution < 1.29 is 4.39 Å². The van der Waals surface area contributed by atoms with E-state index in [0.29, 0.717) is 28.0 Å². The van der Waals surface area contributed by atoms with E-state index in [0.717, 1.165) is 6.54 Å². The maximum absolute atomic E-state index is 13.6. The fraction of sp³-hybridized carbons (Fsp3) is 0.364. The highest BCUT2D eigenvalue weighted by Crippen LogP contribution is 2.23. The summed E-state index contributed by atoms with van der Waals surface area (Å²) in [6.45, 7) is 1.44. The van der Waals surface area contributed by atoms with E-state index in [1.807, 2.05) is 7.05 Å². The Morgan fingerprint density at radius 3 is 3.11 bits per heavy atom. The molecule has 1 N–H and O–H groups in total. The third kappa shape index (κ3) is 3.89. The van der Waals surface area contributed by atoms with Crippen LogP contribution in [0.5, 0.6) is 0 Å². The van der Waals surface area contributed by atoms with E-state index in [4.69, 9.17) is 11.6 Å². The second kappa shape index (κ2) is 6.83. The first-order chi connectivity index (χ1) is 9.20. The molecule has 19 heavy (non-hydrogen) atoms. The first kappa shape index (κ1) is 14.2. The minimum absolute atomic E-state index is 0.272. The molecular formula is C11H13ClFN5S. The standard InChI is InChI=1S/C11H13ClFN5S/c1-14-4-5-18-11(15-16-17-18)19-7-8-6-9(12)2-3-10(8)13/h2-3,6,14H,4-5,7H2,1H3. The molecule has 1 aromatic heterocycles. The van der Waals surface area contributed by atoms with Crippen molar-refractivity contribution in [3.8, 4) is 0 Å². The summed E-state index contributed by atoms with van der Waals surface area (Å²) in [6.07, 6.45) is 0. The zero-order valence-corrected chi connectivity index (χ0v) is 11.9. The third-order valence-electron chi connectivity index (χ3n) is 2.44. The molecular weight excluding hydrogens is 289 g/mol. The maximum Gasteiger partial charge on any atom is 0.209 e. The Labute approximate surface area is 119 Å². The molecule has 0 aliphatic carbocycles. The van der Waals surface area contributed by atoms with E-state index in [2.05, 4.69) is 20.8 Å². The number of rotatable bonds is 6. The molecule has 0 unspecified atom stereocenters. The molecule has 0 saturated heterocycles. The molecule has 102 valence electrons. The molecule has 2 rings (SSSR count). The lowest BCUT2D eigenvalue weighted by molar-refractivity contribution is 0.530. The summed E-state index contributed by atoms with van der Waals surface area (Å²) in [6, 6.07) is 4.51. The van der Waals surface area contributed by atoms with Gasteiger partial charge in [-0.2, -0.15) is 0 Å². The van der Waals surface area contributed by atoms with Crippen LogP contribution in [0.2, 0.25) is 5.02 Å². The van der Waals surface area contributed by atoms with Gasteiger partial charge in [-0.15, -0.1) is 5.10 Å². The second-order valence-corrected chi connectivity index (χ2v) is 5.19. The summed E-state index contributed by atoms with van der Waals surface area (Å²) >= 11 is 7.23. The molecule has 0 aliphatic heterocycles. The van der Waals surface area contributed by atoms with Gasteiger partial charge in [0.25, 0.3) is 0 Å². The maximum atomic E-state index is 13.6. The fourth-order valence-corrected chi connectivity index (χ4v) is 2.53. The van der Waals surface area contributed by atoms with Gasteiger partial charge in [-0.3, -0.25) is 0 Å². The topological polar surface area (TPSA) is 55.6 Å². The molecule has 0 spiro atoms. The SMILES string of the molecule is CNCCn1nnnc1SCc1cc(Cl)ccc1F. The van der Waals surface area contributed by atoms with Crippen molar-refractivity contribution >= 4 is 23.4 Å². The van der Waals surface area contributed by atoms with E-state index in [1.54, 1.807) is 10.7 Å². The van der Waals surface area contributed by atoms with Crippen molar-refractivity contribution in [3.63, 3.8) is 0 Å². The highest BCUT2D eigenvalue weighted by atomic mass is 35.5. The number of benzene rings is 1. The van der Waals surface area contributed by atoms with Crippen molar-refractivity contribution in [2.75, 3.05) is 13.6 Å². The van der Waals surface area contributed by atoms with Gasteiger partial charge in [0.15, 0.2) is 0 Å². The van der Waals surface area contributed by atoms with Crippen molar-refractivity contribution in [3.05, 3.63) is 34.6 Å². The number of likely N-dealkylation sites (N-methyl/N-ethyl adjacent to an activating group) is 1. The monoisotopic (exact) mass is 301 g/mol. The molecule has 0 amide bonds. The molecule has 8 heteroatoms. The highest BCUT2D eigenvalue weighted by Gasteiger charge is 2.09. The molecule has 1 heterocycles. The summed E-state index contributed by atoms with van der Waals surface area (Å²) in [5.74, 6) is 0.165. The van der Waals surface area contributed by atoms with Crippen molar-refractivity contribution in [2.45, 2.75) is 17.5 Å². The summed E-state index contributed by atoms with van der Waals surface area (Å²) in [5, 5.41) is 15.6. The van der Waals surface area contributed by atoms with Crippen LogP contribution < -0.4 is 5.32 Å². The number of hydrogen-bond donors (Lipinski definition) is 1. The smallest absolute Gasteiger partial charge is 0.209 e. The summed E-state index contributed by atoms with van der Waals surface area (Å²) in [7, 11) is 1.86. The Hall–Kier alpha value is -1.18. The number of nitrogens with one attached hydrogen (secondary N) is 1. The zero-order valence-electron chi connectivity index (χ0n) is 10.3. The number of halogens is 2. The van der Waals surface area contributed by atoms with Gasteiger partial charge in [-0.1, -0.05) is 23.4 Å². The predicted octanol–water partition coefficient (Wildman–Crippen LogP) is 1.98. The Balaban J connectivity index is 2.02. The summed E-state index contributed by atoms with van der Waals surface area (Å²) < 4.78 is 15.2. The van der Waals surface area contributed by atoms with E-state index >= 15 is 0 Å². The highest BCUT2D eigenvalue weighted by molar-refractivity contribution is 7.98. The fourth-order valence-electron chi connectivity index (χ4n) is 1.45. The van der Waals surface area contributed by atoms with Crippen molar-refractivity contribution in [2.24, 2.45) is 0 Å². The van der Waals surface area contributed by atoms with Crippen LogP contribution in [0.4, 0.5) is 4.39 Å². The molecule has 0 bridgehead atoms. The largest absolute Gasteiger partial charge is 0.318 e.